The number of rotatable bonds is 1. The van der Waals surface area contributed by atoms with Crippen molar-refractivity contribution in [3.63, 3.8) is 0 Å². The third-order valence-electron chi connectivity index (χ3n) is 1.73. The molecule has 1 heterocycles. The van der Waals surface area contributed by atoms with E-state index in [9.17, 15) is 0 Å². The Hall–Kier alpha value is 0.137. The van der Waals surface area contributed by atoms with E-state index in [1.807, 2.05) is 0 Å². The molecule has 56 valence electrons. The summed E-state index contributed by atoms with van der Waals surface area (Å²) >= 11 is 0. The Morgan fingerprint density at radius 3 is 2.56 bits per heavy atom. The van der Waals surface area contributed by atoms with Gasteiger partial charge in [0, 0.05) is 6.61 Å². The van der Waals surface area contributed by atoms with Crippen LogP contribution in [0.25, 0.3) is 0 Å². The van der Waals surface area contributed by atoms with Crippen LogP contribution in [0.5, 0.6) is 0 Å². The highest BCUT2D eigenvalue weighted by atomic mass is 28.3. The maximum absolute atomic E-state index is 5.57. The number of hydrogen-bond donors (Lipinski definition) is 0. The maximum atomic E-state index is 5.57. The van der Waals surface area contributed by atoms with Crippen molar-refractivity contribution >= 4 is 9.04 Å². The van der Waals surface area contributed by atoms with Gasteiger partial charge in [-0.2, -0.15) is 0 Å². The normalized spacial score (nSPS) is 27.0. The highest BCUT2D eigenvalue weighted by Crippen LogP contribution is 2.12. The monoisotopic (exact) mass is 148 g/mol. The molecule has 1 atom stereocenters. The van der Waals surface area contributed by atoms with Gasteiger partial charge in [-0.25, -0.2) is 0 Å². The molecule has 0 aromatic heterocycles. The molecule has 0 spiro atoms. The van der Waals surface area contributed by atoms with Crippen molar-refractivity contribution < 1.29 is 9.90 Å². The van der Waals surface area contributed by atoms with Crippen molar-refractivity contribution in [3.8, 4) is 0 Å². The van der Waals surface area contributed by atoms with Gasteiger partial charge in [-0.15, -0.1) is 0 Å². The number of hydrogen-bond acceptors (Lipinski definition) is 1. The molecule has 1 saturated heterocycles. The Kier molecular flexibility index (Phi) is 5.04. The summed E-state index contributed by atoms with van der Waals surface area (Å²) in [6, 6.07) is 2.76. The van der Waals surface area contributed by atoms with Crippen LogP contribution < -0.4 is 0 Å². The molecule has 0 aromatic carbocycles. The predicted molar refractivity (Wildman–Crippen MR) is 41.2 cm³/mol. The van der Waals surface area contributed by atoms with Crippen LogP contribution in [0.4, 0.5) is 0 Å². The van der Waals surface area contributed by atoms with Crippen LogP contribution in [0, 0.1) is 0 Å². The van der Waals surface area contributed by atoms with Crippen LogP contribution in [-0.2, 0) is 4.43 Å². The lowest BCUT2D eigenvalue weighted by molar-refractivity contribution is 0.287. The van der Waals surface area contributed by atoms with E-state index >= 15 is 0 Å². The standard InChI is InChI=1S/C6H14OSi.H2O/c1-2-8-6-4-3-5-7-8;/h8H,2-6H2,1H3;1H2. The Balaban J connectivity index is 0.000000640. The Morgan fingerprint density at radius 2 is 2.22 bits per heavy atom. The first-order valence-electron chi connectivity index (χ1n) is 3.55. The fourth-order valence-electron chi connectivity index (χ4n) is 1.13. The van der Waals surface area contributed by atoms with Gasteiger partial charge in [-0.3, -0.25) is 0 Å². The lowest BCUT2D eigenvalue weighted by Crippen LogP contribution is -2.21. The summed E-state index contributed by atoms with van der Waals surface area (Å²) in [6.07, 6.45) is 2.74. The molecule has 9 heavy (non-hydrogen) atoms. The van der Waals surface area contributed by atoms with E-state index in [0.29, 0.717) is 0 Å². The smallest absolute Gasteiger partial charge is 0.176 e. The molecule has 0 amide bonds. The summed E-state index contributed by atoms with van der Waals surface area (Å²) in [4.78, 5) is 0. The molecule has 0 aromatic rings. The average molecular weight is 148 g/mol. The van der Waals surface area contributed by atoms with Crippen LogP contribution in [0.1, 0.15) is 19.8 Å². The summed E-state index contributed by atoms with van der Waals surface area (Å²) in [5.41, 5.74) is 0. The molecule has 2 N–H and O–H groups in total. The lowest BCUT2D eigenvalue weighted by atomic mass is 10.4. The molecule has 0 aliphatic carbocycles. The van der Waals surface area contributed by atoms with Crippen LogP contribution >= 0.6 is 0 Å². The molecular weight excluding hydrogens is 132 g/mol. The third-order valence-corrected chi connectivity index (χ3v) is 4.40. The minimum Gasteiger partial charge on any atom is -0.420 e. The third kappa shape index (κ3) is 2.98. The SMILES string of the molecule is CC[SiH]1CCCCO1.O. The molecule has 1 unspecified atom stereocenters. The zero-order chi connectivity index (χ0) is 5.82. The molecular formula is C6H16O2Si. The fraction of sp³-hybridized carbons (Fsp3) is 1.00. The van der Waals surface area contributed by atoms with E-state index in [2.05, 4.69) is 6.92 Å². The molecule has 1 aliphatic heterocycles. The van der Waals surface area contributed by atoms with Gasteiger partial charge in [0.15, 0.2) is 9.04 Å². The molecule has 1 aliphatic rings. The van der Waals surface area contributed by atoms with E-state index in [-0.39, 0.29) is 5.48 Å². The van der Waals surface area contributed by atoms with Crippen molar-refractivity contribution in [3.05, 3.63) is 0 Å². The average Bonchev–Trinajstić information content (AvgIpc) is 1.90. The van der Waals surface area contributed by atoms with Gasteiger partial charge >= 0.3 is 0 Å². The van der Waals surface area contributed by atoms with Crippen LogP contribution in [0.2, 0.25) is 12.1 Å². The molecule has 2 nitrogen and oxygen atoms in total. The predicted octanol–water partition coefficient (Wildman–Crippen LogP) is 0.716. The molecule has 3 heteroatoms. The minimum absolute atomic E-state index is 0. The van der Waals surface area contributed by atoms with Gasteiger partial charge in [0.25, 0.3) is 0 Å². The fourth-order valence-corrected chi connectivity index (χ4v) is 3.18. The second kappa shape index (κ2) is 4.96. The largest absolute Gasteiger partial charge is 0.420 e. The van der Waals surface area contributed by atoms with Gasteiger partial charge < -0.3 is 9.90 Å². The van der Waals surface area contributed by atoms with Crippen molar-refractivity contribution in [2.45, 2.75) is 31.9 Å². The van der Waals surface area contributed by atoms with Gasteiger partial charge in [-0.05, 0) is 18.5 Å². The molecule has 1 rings (SSSR count). The van der Waals surface area contributed by atoms with E-state index in [1.54, 1.807) is 0 Å². The second-order valence-corrected chi connectivity index (χ2v) is 5.37. The molecule has 0 radical (unpaired) electrons. The van der Waals surface area contributed by atoms with E-state index < -0.39 is 9.04 Å². The van der Waals surface area contributed by atoms with E-state index in [4.69, 9.17) is 4.43 Å². The highest BCUT2D eigenvalue weighted by molar-refractivity contribution is 6.51. The summed E-state index contributed by atoms with van der Waals surface area (Å²) < 4.78 is 5.57. The quantitative estimate of drug-likeness (QED) is 0.505. The van der Waals surface area contributed by atoms with Crippen LogP contribution in [-0.4, -0.2) is 21.1 Å². The van der Waals surface area contributed by atoms with Gasteiger partial charge in [0.1, 0.15) is 0 Å². The summed E-state index contributed by atoms with van der Waals surface area (Å²) in [5, 5.41) is 0. The Morgan fingerprint density at radius 1 is 1.44 bits per heavy atom. The first-order chi connectivity index (χ1) is 3.93. The van der Waals surface area contributed by atoms with Gasteiger partial charge in [0.05, 0.1) is 0 Å². The first kappa shape index (κ1) is 9.14. The Bertz CT molecular complexity index is 62.1. The zero-order valence-electron chi connectivity index (χ0n) is 6.02. The highest BCUT2D eigenvalue weighted by Gasteiger charge is 2.12. The molecule has 0 bridgehead atoms. The first-order valence-corrected chi connectivity index (χ1v) is 5.65. The molecule has 0 saturated carbocycles. The Labute approximate surface area is 58.3 Å². The topological polar surface area (TPSA) is 40.7 Å². The second-order valence-electron chi connectivity index (χ2n) is 2.40. The van der Waals surface area contributed by atoms with E-state index in [0.717, 1.165) is 6.61 Å². The maximum Gasteiger partial charge on any atom is 0.176 e. The minimum atomic E-state index is -0.605. The van der Waals surface area contributed by atoms with Gasteiger partial charge in [-0.1, -0.05) is 13.3 Å². The summed E-state index contributed by atoms with van der Waals surface area (Å²) in [5.74, 6) is 0. The van der Waals surface area contributed by atoms with E-state index in [1.165, 1.54) is 24.9 Å². The lowest BCUT2D eigenvalue weighted by Gasteiger charge is -2.18. The van der Waals surface area contributed by atoms with Crippen LogP contribution in [0.15, 0.2) is 0 Å². The van der Waals surface area contributed by atoms with Crippen molar-refractivity contribution in [1.29, 1.82) is 0 Å². The zero-order valence-corrected chi connectivity index (χ0v) is 7.18. The summed E-state index contributed by atoms with van der Waals surface area (Å²) in [6.45, 7) is 3.31. The molecule has 1 fully saturated rings. The van der Waals surface area contributed by atoms with Crippen molar-refractivity contribution in [1.82, 2.24) is 0 Å². The van der Waals surface area contributed by atoms with Crippen molar-refractivity contribution in [2.24, 2.45) is 0 Å². The van der Waals surface area contributed by atoms with Crippen LogP contribution in [0.3, 0.4) is 0 Å². The summed E-state index contributed by atoms with van der Waals surface area (Å²) in [7, 11) is -0.605. The van der Waals surface area contributed by atoms with Gasteiger partial charge in [0.2, 0.25) is 0 Å². The van der Waals surface area contributed by atoms with Crippen molar-refractivity contribution in [2.75, 3.05) is 6.61 Å².